The van der Waals surface area contributed by atoms with Crippen molar-refractivity contribution in [2.75, 3.05) is 26.7 Å². The Morgan fingerprint density at radius 3 is 2.29 bits per heavy atom. The van der Waals surface area contributed by atoms with Gasteiger partial charge in [0.2, 0.25) is 0 Å². The molecule has 2 amide bonds. The van der Waals surface area contributed by atoms with Crippen LogP contribution in [0.25, 0.3) is 0 Å². The van der Waals surface area contributed by atoms with Gasteiger partial charge in [-0.3, -0.25) is 9.69 Å². The highest BCUT2D eigenvalue weighted by atomic mass is 16.7. The summed E-state index contributed by atoms with van der Waals surface area (Å²) in [6, 6.07) is 25.8. The Morgan fingerprint density at radius 2 is 1.62 bits per heavy atom. The largest absolute Gasteiger partial charge is 0.465 e. The maximum atomic E-state index is 12.0. The normalized spacial score (nSPS) is 19.2. The quantitative estimate of drug-likeness (QED) is 0.267. The van der Waals surface area contributed by atoms with Crippen molar-refractivity contribution >= 4 is 12.0 Å². The zero-order valence-corrected chi connectivity index (χ0v) is 24.5. The number of hydrogen-bond donors (Lipinski definition) is 3. The van der Waals surface area contributed by atoms with Gasteiger partial charge in [0.1, 0.15) is 6.54 Å². The number of likely N-dealkylation sites (N-methyl/N-ethyl adjacent to an activating group) is 1. The van der Waals surface area contributed by atoms with Gasteiger partial charge in [0, 0.05) is 31.1 Å². The summed E-state index contributed by atoms with van der Waals surface area (Å²) >= 11 is 0. The predicted molar refractivity (Wildman–Crippen MR) is 159 cm³/mol. The van der Waals surface area contributed by atoms with Crippen LogP contribution in [-0.4, -0.2) is 54.9 Å². The SMILES string of the molecule is CCOC(=O)CNC(=O)NCc1ccc([C@@H]2O[C@H](CN(C)[C@@H](C)c3ccccc3)C[C@H](c3ccc(CO)cc3)O2)cc1. The Hall–Kier alpha value is -3.76. The Balaban J connectivity index is 1.42. The number of carbonyl (C=O) groups is 2. The summed E-state index contributed by atoms with van der Waals surface area (Å²) in [4.78, 5) is 25.8. The van der Waals surface area contributed by atoms with E-state index in [0.717, 1.165) is 28.8 Å². The van der Waals surface area contributed by atoms with E-state index in [4.69, 9.17) is 14.2 Å². The molecule has 0 saturated carbocycles. The van der Waals surface area contributed by atoms with Crippen molar-refractivity contribution in [3.63, 3.8) is 0 Å². The molecular formula is C33H41N3O6. The fourth-order valence-corrected chi connectivity index (χ4v) is 4.90. The monoisotopic (exact) mass is 575 g/mol. The molecule has 9 heteroatoms. The molecule has 0 unspecified atom stereocenters. The van der Waals surface area contributed by atoms with E-state index in [1.165, 1.54) is 5.56 Å². The molecule has 1 saturated heterocycles. The second kappa shape index (κ2) is 15.5. The molecule has 4 rings (SSSR count). The number of ether oxygens (including phenoxy) is 3. The van der Waals surface area contributed by atoms with Gasteiger partial charge < -0.3 is 30.0 Å². The minimum atomic E-state index is -0.568. The van der Waals surface area contributed by atoms with Gasteiger partial charge in [-0.2, -0.15) is 0 Å². The van der Waals surface area contributed by atoms with Gasteiger partial charge in [0.25, 0.3) is 0 Å². The zero-order chi connectivity index (χ0) is 29.9. The zero-order valence-electron chi connectivity index (χ0n) is 24.5. The van der Waals surface area contributed by atoms with E-state index in [1.807, 2.05) is 54.6 Å². The van der Waals surface area contributed by atoms with Gasteiger partial charge in [-0.15, -0.1) is 0 Å². The van der Waals surface area contributed by atoms with Gasteiger partial charge in [-0.25, -0.2) is 4.79 Å². The molecule has 42 heavy (non-hydrogen) atoms. The van der Waals surface area contributed by atoms with E-state index in [-0.39, 0.29) is 38.0 Å². The number of nitrogens with one attached hydrogen (secondary N) is 2. The Morgan fingerprint density at radius 1 is 0.952 bits per heavy atom. The number of hydrogen-bond acceptors (Lipinski definition) is 7. The first-order valence-corrected chi connectivity index (χ1v) is 14.4. The number of rotatable bonds is 12. The van der Waals surface area contributed by atoms with Crippen molar-refractivity contribution in [1.82, 2.24) is 15.5 Å². The van der Waals surface area contributed by atoms with Crippen molar-refractivity contribution in [2.24, 2.45) is 0 Å². The number of aliphatic hydroxyl groups excluding tert-OH is 1. The molecule has 0 aliphatic carbocycles. The third kappa shape index (κ3) is 8.87. The smallest absolute Gasteiger partial charge is 0.325 e. The third-order valence-electron chi connectivity index (χ3n) is 7.45. The molecule has 9 nitrogen and oxygen atoms in total. The second-order valence-electron chi connectivity index (χ2n) is 10.5. The van der Waals surface area contributed by atoms with Crippen molar-refractivity contribution < 1.29 is 28.9 Å². The molecule has 3 aromatic rings. The first kappa shape index (κ1) is 31.2. The van der Waals surface area contributed by atoms with Crippen LogP contribution in [0.4, 0.5) is 4.79 Å². The standard InChI is InChI=1S/C33H41N3O6/c1-4-40-31(38)20-35-33(39)34-19-24-10-16-28(17-11-24)32-41-29(21-36(3)23(2)26-8-6-5-7-9-26)18-30(42-32)27-14-12-25(22-37)13-15-27/h5-17,23,29-30,32,37H,4,18-22H2,1-3H3,(H2,34,35,39)/t23-,29-,30+,32+/m0/s1. The van der Waals surface area contributed by atoms with Gasteiger partial charge >= 0.3 is 12.0 Å². The Kier molecular flexibility index (Phi) is 11.5. The summed E-state index contributed by atoms with van der Waals surface area (Å²) < 4.78 is 17.8. The summed E-state index contributed by atoms with van der Waals surface area (Å²) in [7, 11) is 2.11. The number of amides is 2. The van der Waals surface area contributed by atoms with Crippen LogP contribution in [0.5, 0.6) is 0 Å². The van der Waals surface area contributed by atoms with Crippen molar-refractivity contribution in [2.45, 2.75) is 58.0 Å². The molecule has 3 aromatic carbocycles. The van der Waals surface area contributed by atoms with Crippen molar-refractivity contribution in [3.05, 3.63) is 107 Å². The minimum absolute atomic E-state index is 0.00338. The molecule has 1 fully saturated rings. The molecule has 0 bridgehead atoms. The van der Waals surface area contributed by atoms with E-state index in [9.17, 15) is 14.7 Å². The molecular weight excluding hydrogens is 534 g/mol. The molecule has 224 valence electrons. The molecule has 1 aliphatic rings. The number of carbonyl (C=O) groups excluding carboxylic acids is 2. The lowest BCUT2D eigenvalue weighted by Crippen LogP contribution is -2.39. The van der Waals surface area contributed by atoms with E-state index in [0.29, 0.717) is 13.0 Å². The molecule has 4 atom stereocenters. The highest BCUT2D eigenvalue weighted by Gasteiger charge is 2.33. The lowest BCUT2D eigenvalue weighted by molar-refractivity contribution is -0.253. The third-order valence-corrected chi connectivity index (χ3v) is 7.45. The van der Waals surface area contributed by atoms with Crippen LogP contribution >= 0.6 is 0 Å². The van der Waals surface area contributed by atoms with Crippen LogP contribution < -0.4 is 10.6 Å². The van der Waals surface area contributed by atoms with Crippen LogP contribution in [0.15, 0.2) is 78.9 Å². The predicted octanol–water partition coefficient (Wildman–Crippen LogP) is 4.78. The van der Waals surface area contributed by atoms with Crippen LogP contribution in [0.3, 0.4) is 0 Å². The molecule has 0 spiro atoms. The highest BCUT2D eigenvalue weighted by molar-refractivity contribution is 5.80. The fraction of sp³-hybridized carbons (Fsp3) is 0.394. The van der Waals surface area contributed by atoms with Crippen molar-refractivity contribution in [1.29, 1.82) is 0 Å². The van der Waals surface area contributed by atoms with Gasteiger partial charge in [-0.05, 0) is 43.1 Å². The van der Waals surface area contributed by atoms with Crippen LogP contribution in [0.2, 0.25) is 0 Å². The lowest BCUT2D eigenvalue weighted by Gasteiger charge is -2.39. The van der Waals surface area contributed by atoms with E-state index < -0.39 is 18.3 Å². The maximum absolute atomic E-state index is 12.0. The van der Waals surface area contributed by atoms with E-state index >= 15 is 0 Å². The van der Waals surface area contributed by atoms with Gasteiger partial charge in [-0.1, -0.05) is 78.9 Å². The minimum Gasteiger partial charge on any atom is -0.465 e. The number of urea groups is 1. The summed E-state index contributed by atoms with van der Waals surface area (Å²) in [6.45, 7) is 5.02. The molecule has 1 aliphatic heterocycles. The molecule has 3 N–H and O–H groups in total. The van der Waals surface area contributed by atoms with E-state index in [1.54, 1.807) is 6.92 Å². The summed E-state index contributed by atoms with van der Waals surface area (Å²) in [5.41, 5.74) is 4.92. The summed E-state index contributed by atoms with van der Waals surface area (Å²) in [6.07, 6.45) is -0.121. The van der Waals surface area contributed by atoms with Gasteiger partial charge in [0.05, 0.1) is 25.4 Å². The molecule has 0 aromatic heterocycles. The Labute approximate surface area is 247 Å². The second-order valence-corrected chi connectivity index (χ2v) is 10.5. The fourth-order valence-electron chi connectivity index (χ4n) is 4.90. The summed E-state index contributed by atoms with van der Waals surface area (Å²) in [5.74, 6) is -0.480. The van der Waals surface area contributed by atoms with Crippen LogP contribution in [-0.2, 0) is 32.2 Å². The van der Waals surface area contributed by atoms with Crippen LogP contribution in [0, 0.1) is 0 Å². The van der Waals surface area contributed by atoms with E-state index in [2.05, 4.69) is 53.8 Å². The van der Waals surface area contributed by atoms with Crippen molar-refractivity contribution in [3.8, 4) is 0 Å². The highest BCUT2D eigenvalue weighted by Crippen LogP contribution is 2.38. The number of esters is 1. The number of benzene rings is 3. The average Bonchev–Trinajstić information content (AvgIpc) is 3.03. The Bertz CT molecular complexity index is 1270. The number of nitrogens with zero attached hydrogens (tertiary/aromatic N) is 1. The summed E-state index contributed by atoms with van der Waals surface area (Å²) in [5, 5.41) is 14.7. The first-order chi connectivity index (χ1) is 20.4. The van der Waals surface area contributed by atoms with Gasteiger partial charge in [0.15, 0.2) is 6.29 Å². The molecule has 0 radical (unpaired) electrons. The first-order valence-electron chi connectivity index (χ1n) is 14.4. The lowest BCUT2D eigenvalue weighted by atomic mass is 9.99. The van der Waals surface area contributed by atoms with Crippen LogP contribution in [0.1, 0.15) is 66.5 Å². The topological polar surface area (TPSA) is 109 Å². The maximum Gasteiger partial charge on any atom is 0.325 e. The number of aliphatic hydroxyl groups is 1. The average molecular weight is 576 g/mol. The molecule has 1 heterocycles.